The number of thiazole rings is 1. The lowest BCUT2D eigenvalue weighted by molar-refractivity contribution is 0.348. The normalized spacial score (nSPS) is 15.5. The molecule has 1 aromatic heterocycles. The second kappa shape index (κ2) is 4.88. The van der Waals surface area contributed by atoms with E-state index in [0.29, 0.717) is 0 Å². The molecule has 2 rings (SSSR count). The van der Waals surface area contributed by atoms with Crippen molar-refractivity contribution in [2.75, 3.05) is 26.7 Å². The van der Waals surface area contributed by atoms with Gasteiger partial charge >= 0.3 is 0 Å². The Labute approximate surface area is 94.8 Å². The largest absolute Gasteiger partial charge is 0.309 e. The van der Waals surface area contributed by atoms with Crippen LogP contribution in [0, 0.1) is 0 Å². The van der Waals surface area contributed by atoms with Crippen LogP contribution < -0.4 is 5.32 Å². The minimum absolute atomic E-state index is 0.946. The average molecular weight is 223 g/mol. The number of aromatic nitrogens is 1. The standard InChI is InChI=1S/C11H17N3S/c1-9(10-3-12-4-10)5-14(2)6-11-7-15-8-13-11/h7-8,12H,3-6H2,1-2H3. The van der Waals surface area contributed by atoms with Crippen molar-refractivity contribution in [3.8, 4) is 0 Å². The second-order valence-corrected chi connectivity index (χ2v) is 4.86. The molecule has 2 heterocycles. The van der Waals surface area contributed by atoms with Gasteiger partial charge in [0.15, 0.2) is 0 Å². The molecule has 82 valence electrons. The van der Waals surface area contributed by atoms with Crippen LogP contribution in [0.3, 0.4) is 0 Å². The zero-order valence-electron chi connectivity index (χ0n) is 9.29. The molecule has 1 N–H and O–H groups in total. The van der Waals surface area contributed by atoms with Crippen molar-refractivity contribution in [1.29, 1.82) is 0 Å². The molecule has 0 spiro atoms. The first-order valence-electron chi connectivity index (χ1n) is 5.19. The molecule has 3 nitrogen and oxygen atoms in total. The Bertz CT molecular complexity index is 337. The summed E-state index contributed by atoms with van der Waals surface area (Å²) in [6.07, 6.45) is 0. The van der Waals surface area contributed by atoms with E-state index in [2.05, 4.69) is 34.6 Å². The highest BCUT2D eigenvalue weighted by molar-refractivity contribution is 7.07. The number of nitrogens with one attached hydrogen (secondary N) is 1. The van der Waals surface area contributed by atoms with Crippen LogP contribution in [-0.4, -0.2) is 36.6 Å². The quantitative estimate of drug-likeness (QED) is 0.784. The minimum Gasteiger partial charge on any atom is -0.309 e. The molecule has 1 aliphatic rings. The SMILES string of the molecule is CC(CN(C)Cc1cscn1)=C1CNC1. The molecule has 0 saturated carbocycles. The Hall–Kier alpha value is -0.710. The molecule has 0 radical (unpaired) electrons. The van der Waals surface area contributed by atoms with Crippen molar-refractivity contribution < 1.29 is 0 Å². The molecule has 0 unspecified atom stereocenters. The summed E-state index contributed by atoms with van der Waals surface area (Å²) in [5, 5.41) is 5.39. The zero-order valence-corrected chi connectivity index (χ0v) is 10.1. The monoisotopic (exact) mass is 223 g/mol. The third-order valence-electron chi connectivity index (χ3n) is 2.70. The van der Waals surface area contributed by atoms with E-state index in [1.165, 1.54) is 11.3 Å². The van der Waals surface area contributed by atoms with Crippen molar-refractivity contribution in [2.24, 2.45) is 0 Å². The molecule has 0 atom stereocenters. The van der Waals surface area contributed by atoms with Gasteiger partial charge in [-0.3, -0.25) is 4.90 Å². The minimum atomic E-state index is 0.946. The van der Waals surface area contributed by atoms with Crippen LogP contribution in [0.5, 0.6) is 0 Å². The maximum atomic E-state index is 4.29. The smallest absolute Gasteiger partial charge is 0.0795 e. The summed E-state index contributed by atoms with van der Waals surface area (Å²) in [5.74, 6) is 0. The fraction of sp³-hybridized carbons (Fsp3) is 0.545. The zero-order chi connectivity index (χ0) is 10.7. The highest BCUT2D eigenvalue weighted by Gasteiger charge is 2.12. The maximum absolute atomic E-state index is 4.29. The Morgan fingerprint density at radius 2 is 2.40 bits per heavy atom. The maximum Gasteiger partial charge on any atom is 0.0795 e. The third-order valence-corrected chi connectivity index (χ3v) is 3.34. The summed E-state index contributed by atoms with van der Waals surface area (Å²) in [6.45, 7) is 6.39. The van der Waals surface area contributed by atoms with E-state index in [-0.39, 0.29) is 0 Å². The molecule has 0 aromatic carbocycles. The Morgan fingerprint density at radius 1 is 1.60 bits per heavy atom. The van der Waals surface area contributed by atoms with Crippen molar-refractivity contribution in [3.63, 3.8) is 0 Å². The molecule has 0 amide bonds. The molecule has 1 aliphatic heterocycles. The second-order valence-electron chi connectivity index (χ2n) is 4.14. The first kappa shape index (κ1) is 10.8. The third kappa shape index (κ3) is 2.87. The van der Waals surface area contributed by atoms with Gasteiger partial charge in [-0.05, 0) is 19.5 Å². The van der Waals surface area contributed by atoms with Crippen molar-refractivity contribution >= 4 is 11.3 Å². The number of hydrogen-bond acceptors (Lipinski definition) is 4. The Morgan fingerprint density at radius 3 is 2.93 bits per heavy atom. The molecule has 1 saturated heterocycles. The van der Waals surface area contributed by atoms with Crippen LogP contribution in [0.2, 0.25) is 0 Å². The lowest BCUT2D eigenvalue weighted by Gasteiger charge is -2.24. The summed E-state index contributed by atoms with van der Waals surface area (Å²) in [5.41, 5.74) is 6.14. The summed E-state index contributed by atoms with van der Waals surface area (Å²) in [6, 6.07) is 0. The first-order valence-corrected chi connectivity index (χ1v) is 6.14. The van der Waals surface area contributed by atoms with Crippen LogP contribution in [0.1, 0.15) is 12.6 Å². The Kier molecular flexibility index (Phi) is 3.51. The van der Waals surface area contributed by atoms with Crippen molar-refractivity contribution in [1.82, 2.24) is 15.2 Å². The van der Waals surface area contributed by atoms with E-state index in [1.807, 2.05) is 5.51 Å². The van der Waals surface area contributed by atoms with Gasteiger partial charge in [0.25, 0.3) is 0 Å². The fourth-order valence-electron chi connectivity index (χ4n) is 1.72. The van der Waals surface area contributed by atoms with E-state index in [9.17, 15) is 0 Å². The van der Waals surface area contributed by atoms with Gasteiger partial charge in [-0.25, -0.2) is 4.98 Å². The van der Waals surface area contributed by atoms with Crippen LogP contribution in [0.15, 0.2) is 22.0 Å². The number of nitrogens with zero attached hydrogens (tertiary/aromatic N) is 2. The molecule has 1 fully saturated rings. The van der Waals surface area contributed by atoms with E-state index in [4.69, 9.17) is 0 Å². The van der Waals surface area contributed by atoms with Gasteiger partial charge in [0.1, 0.15) is 0 Å². The molecule has 4 heteroatoms. The van der Waals surface area contributed by atoms with Gasteiger partial charge in [-0.15, -0.1) is 11.3 Å². The highest BCUT2D eigenvalue weighted by Crippen LogP contribution is 2.11. The molecule has 0 aliphatic carbocycles. The summed E-state index contributed by atoms with van der Waals surface area (Å²) >= 11 is 1.66. The predicted molar refractivity (Wildman–Crippen MR) is 64.0 cm³/mol. The molecule has 15 heavy (non-hydrogen) atoms. The molecule has 0 bridgehead atoms. The first-order chi connectivity index (χ1) is 7.25. The molecule has 1 aromatic rings. The van der Waals surface area contributed by atoms with Crippen LogP contribution >= 0.6 is 11.3 Å². The molecular formula is C11H17N3S. The highest BCUT2D eigenvalue weighted by atomic mass is 32.1. The van der Waals surface area contributed by atoms with Crippen LogP contribution in [0.25, 0.3) is 0 Å². The van der Waals surface area contributed by atoms with Gasteiger partial charge in [0.2, 0.25) is 0 Å². The predicted octanol–water partition coefficient (Wildman–Crippen LogP) is 1.49. The number of rotatable bonds is 4. The van der Waals surface area contributed by atoms with Crippen LogP contribution in [0.4, 0.5) is 0 Å². The number of likely N-dealkylation sites (N-methyl/N-ethyl adjacent to an activating group) is 1. The van der Waals surface area contributed by atoms with Gasteiger partial charge < -0.3 is 5.32 Å². The lowest BCUT2D eigenvalue weighted by Crippen LogP contribution is -2.36. The summed E-state index contributed by atoms with van der Waals surface area (Å²) in [7, 11) is 2.15. The average Bonchev–Trinajstić information content (AvgIpc) is 2.52. The van der Waals surface area contributed by atoms with Gasteiger partial charge in [0.05, 0.1) is 11.2 Å². The van der Waals surface area contributed by atoms with Gasteiger partial charge in [0, 0.05) is 31.6 Å². The van der Waals surface area contributed by atoms with E-state index in [1.54, 1.807) is 16.9 Å². The number of hydrogen-bond donors (Lipinski definition) is 1. The van der Waals surface area contributed by atoms with E-state index in [0.717, 1.165) is 26.2 Å². The topological polar surface area (TPSA) is 28.2 Å². The summed E-state index contributed by atoms with van der Waals surface area (Å²) < 4.78 is 0. The lowest BCUT2D eigenvalue weighted by atomic mass is 10.0. The van der Waals surface area contributed by atoms with Crippen molar-refractivity contribution in [3.05, 3.63) is 27.7 Å². The van der Waals surface area contributed by atoms with Crippen LogP contribution in [-0.2, 0) is 6.54 Å². The molecular weight excluding hydrogens is 206 g/mol. The van der Waals surface area contributed by atoms with Gasteiger partial charge in [-0.2, -0.15) is 0 Å². The van der Waals surface area contributed by atoms with Gasteiger partial charge in [-0.1, -0.05) is 5.57 Å². The summed E-state index contributed by atoms with van der Waals surface area (Å²) in [4.78, 5) is 6.61. The van der Waals surface area contributed by atoms with E-state index >= 15 is 0 Å². The van der Waals surface area contributed by atoms with Crippen molar-refractivity contribution in [2.45, 2.75) is 13.5 Å². The van der Waals surface area contributed by atoms with E-state index < -0.39 is 0 Å². The Balaban J connectivity index is 1.84. The fourth-order valence-corrected chi connectivity index (χ4v) is 2.27.